The summed E-state index contributed by atoms with van der Waals surface area (Å²) in [6, 6.07) is 60.7. The molecular weight excluding hydrogens is 611 g/mol. The number of fused-ring (bicyclic) bond motifs is 9. The molecule has 0 saturated carbocycles. The average molecular weight is 640 g/mol. The van der Waals surface area contributed by atoms with Crippen LogP contribution in [-0.4, -0.2) is 13.7 Å². The van der Waals surface area contributed by atoms with Crippen LogP contribution in [-0.2, 0) is 0 Å². The third-order valence-corrected chi connectivity index (χ3v) is 10.3. The molecule has 4 heteroatoms. The van der Waals surface area contributed by atoms with E-state index in [1.165, 1.54) is 43.6 Å². The summed E-state index contributed by atoms with van der Waals surface area (Å²) in [5.41, 5.74) is 12.1. The van der Waals surface area contributed by atoms with Gasteiger partial charge in [0.15, 0.2) is 0 Å². The number of rotatable bonds is 4. The van der Waals surface area contributed by atoms with Crippen LogP contribution in [0.25, 0.3) is 93.9 Å². The summed E-state index contributed by atoms with van der Waals surface area (Å²) in [6.07, 6.45) is 2.27. The van der Waals surface area contributed by atoms with Crippen molar-refractivity contribution in [2.75, 3.05) is 0 Å². The first-order valence-electron chi connectivity index (χ1n) is 17.0. The molecule has 0 amide bonds. The van der Waals surface area contributed by atoms with Gasteiger partial charge in [0.25, 0.3) is 0 Å². The van der Waals surface area contributed by atoms with E-state index in [1.807, 2.05) is 0 Å². The maximum absolute atomic E-state index is 6.44. The van der Waals surface area contributed by atoms with E-state index in [1.54, 1.807) is 0 Å². The minimum absolute atomic E-state index is 0.874. The van der Waals surface area contributed by atoms with Gasteiger partial charge in [-0.15, -0.1) is 0 Å². The highest BCUT2D eigenvalue weighted by atomic mass is 16.3. The van der Waals surface area contributed by atoms with E-state index in [4.69, 9.17) is 4.42 Å². The number of aromatic nitrogens is 3. The zero-order chi connectivity index (χ0) is 32.8. The van der Waals surface area contributed by atoms with Crippen LogP contribution in [0.5, 0.6) is 0 Å². The highest BCUT2D eigenvalue weighted by molar-refractivity contribution is 6.11. The van der Waals surface area contributed by atoms with E-state index in [9.17, 15) is 0 Å². The van der Waals surface area contributed by atoms with Crippen molar-refractivity contribution < 1.29 is 4.42 Å². The molecule has 0 spiro atoms. The van der Waals surface area contributed by atoms with E-state index in [0.717, 1.165) is 50.3 Å². The Morgan fingerprint density at radius 2 is 0.780 bits per heavy atom. The number of hydrogen-bond donors (Lipinski definition) is 0. The Kier molecular flexibility index (Phi) is 5.63. The number of furan rings is 1. The first kappa shape index (κ1) is 27.2. The molecule has 7 aromatic carbocycles. The topological polar surface area (TPSA) is 27.9 Å². The summed E-state index contributed by atoms with van der Waals surface area (Å²) in [7, 11) is 0. The van der Waals surface area contributed by atoms with Gasteiger partial charge in [0, 0.05) is 49.9 Å². The second-order valence-corrected chi connectivity index (χ2v) is 13.0. The minimum Gasteiger partial charge on any atom is -0.456 e. The largest absolute Gasteiger partial charge is 0.456 e. The molecule has 0 unspecified atom stereocenters. The molecular formula is C46H29N3O. The predicted molar refractivity (Wildman–Crippen MR) is 207 cm³/mol. The summed E-state index contributed by atoms with van der Waals surface area (Å²) in [6.45, 7) is 0. The third kappa shape index (κ3) is 3.87. The molecule has 50 heavy (non-hydrogen) atoms. The molecule has 11 rings (SSSR count). The summed E-state index contributed by atoms with van der Waals surface area (Å²) in [5.74, 6) is 0. The van der Waals surface area contributed by atoms with Gasteiger partial charge in [0.05, 0.1) is 33.4 Å². The van der Waals surface area contributed by atoms with Crippen LogP contribution in [0.1, 0.15) is 0 Å². The second-order valence-electron chi connectivity index (χ2n) is 13.0. The Morgan fingerprint density at radius 1 is 0.340 bits per heavy atom. The fraction of sp³-hybridized carbons (Fsp3) is 0. The third-order valence-electron chi connectivity index (χ3n) is 10.3. The van der Waals surface area contributed by atoms with Crippen molar-refractivity contribution in [3.63, 3.8) is 0 Å². The predicted octanol–water partition coefficient (Wildman–Crippen LogP) is 12.2. The Morgan fingerprint density at radius 3 is 1.32 bits per heavy atom. The minimum atomic E-state index is 0.874. The number of para-hydroxylation sites is 4. The van der Waals surface area contributed by atoms with E-state index >= 15 is 0 Å². The maximum atomic E-state index is 6.44. The van der Waals surface area contributed by atoms with Crippen LogP contribution in [0.3, 0.4) is 0 Å². The smallest absolute Gasteiger partial charge is 0.135 e. The normalized spacial score (nSPS) is 12.0. The first-order chi connectivity index (χ1) is 24.8. The Labute approximate surface area is 287 Å². The summed E-state index contributed by atoms with van der Waals surface area (Å²) in [4.78, 5) is 0. The molecule has 4 aromatic heterocycles. The second kappa shape index (κ2) is 10.4. The zero-order valence-electron chi connectivity index (χ0n) is 27.0. The Bertz CT molecular complexity index is 2990. The molecule has 4 heterocycles. The van der Waals surface area contributed by atoms with Gasteiger partial charge in [0.1, 0.15) is 11.2 Å². The fourth-order valence-corrected chi connectivity index (χ4v) is 8.06. The van der Waals surface area contributed by atoms with Crippen molar-refractivity contribution in [2.45, 2.75) is 0 Å². The first-order valence-corrected chi connectivity index (χ1v) is 17.0. The molecule has 234 valence electrons. The SMILES string of the molecule is c1ccc(-c2cc(-n3c4ccccc4c4ccccc43)cn2-c2ccc3oc4ccc(-n5c6ccccc6c6ccccc65)cc4c3c2)cc1. The van der Waals surface area contributed by atoms with Crippen LogP contribution in [0.15, 0.2) is 180 Å². The van der Waals surface area contributed by atoms with Crippen molar-refractivity contribution >= 4 is 65.6 Å². The lowest BCUT2D eigenvalue weighted by molar-refractivity contribution is 0.669. The van der Waals surface area contributed by atoms with E-state index < -0.39 is 0 Å². The van der Waals surface area contributed by atoms with Gasteiger partial charge in [-0.1, -0.05) is 103 Å². The molecule has 4 nitrogen and oxygen atoms in total. The van der Waals surface area contributed by atoms with Gasteiger partial charge in [-0.25, -0.2) is 0 Å². The van der Waals surface area contributed by atoms with E-state index in [-0.39, 0.29) is 0 Å². The van der Waals surface area contributed by atoms with Gasteiger partial charge in [-0.2, -0.15) is 0 Å². The van der Waals surface area contributed by atoms with Gasteiger partial charge in [0.2, 0.25) is 0 Å². The highest BCUT2D eigenvalue weighted by Gasteiger charge is 2.18. The lowest BCUT2D eigenvalue weighted by Gasteiger charge is -2.10. The summed E-state index contributed by atoms with van der Waals surface area (Å²) in [5, 5.41) is 7.19. The molecule has 0 radical (unpaired) electrons. The quantitative estimate of drug-likeness (QED) is 0.188. The van der Waals surface area contributed by atoms with Gasteiger partial charge < -0.3 is 18.1 Å². The Hall–Kier alpha value is -6.78. The number of benzene rings is 7. The highest BCUT2D eigenvalue weighted by Crippen LogP contribution is 2.38. The zero-order valence-corrected chi connectivity index (χ0v) is 27.0. The molecule has 0 N–H and O–H groups in total. The fourth-order valence-electron chi connectivity index (χ4n) is 8.06. The number of nitrogens with zero attached hydrogens (tertiary/aromatic N) is 3. The summed E-state index contributed by atoms with van der Waals surface area (Å²) >= 11 is 0. The molecule has 0 atom stereocenters. The van der Waals surface area contributed by atoms with E-state index in [0.29, 0.717) is 0 Å². The van der Waals surface area contributed by atoms with Crippen LogP contribution in [0, 0.1) is 0 Å². The lowest BCUT2D eigenvalue weighted by atomic mass is 10.1. The lowest BCUT2D eigenvalue weighted by Crippen LogP contribution is -1.95. The van der Waals surface area contributed by atoms with Crippen molar-refractivity contribution in [3.8, 4) is 28.3 Å². The van der Waals surface area contributed by atoms with Gasteiger partial charge in [-0.05, 0) is 72.3 Å². The standard InChI is InChI=1S/C46H29N3O/c1-2-12-30(13-3-1)44-28-33(49-42-20-10-6-16-36(42)37-17-7-11-21-43(37)49)29-47(44)31-22-24-45-38(26-31)39-27-32(23-25-46(39)50-45)48-40-18-8-4-14-34(40)35-15-5-9-19-41(35)48/h1-29H. The van der Waals surface area contributed by atoms with Crippen molar-refractivity contribution in [1.29, 1.82) is 0 Å². The molecule has 0 saturated heterocycles. The molecule has 0 bridgehead atoms. The molecule has 0 aliphatic carbocycles. The van der Waals surface area contributed by atoms with Gasteiger partial charge >= 0.3 is 0 Å². The number of hydrogen-bond acceptors (Lipinski definition) is 1. The van der Waals surface area contributed by atoms with Crippen LogP contribution in [0.2, 0.25) is 0 Å². The van der Waals surface area contributed by atoms with Crippen LogP contribution in [0.4, 0.5) is 0 Å². The maximum Gasteiger partial charge on any atom is 0.135 e. The molecule has 11 aromatic rings. The average Bonchev–Trinajstić information content (AvgIpc) is 3.94. The van der Waals surface area contributed by atoms with Crippen molar-refractivity contribution in [2.24, 2.45) is 0 Å². The molecule has 0 aliphatic rings. The monoisotopic (exact) mass is 639 g/mol. The van der Waals surface area contributed by atoms with Crippen LogP contribution >= 0.6 is 0 Å². The summed E-state index contributed by atoms with van der Waals surface area (Å²) < 4.78 is 13.5. The van der Waals surface area contributed by atoms with Crippen molar-refractivity contribution in [1.82, 2.24) is 13.7 Å². The Balaban J connectivity index is 1.14. The van der Waals surface area contributed by atoms with E-state index in [2.05, 4.69) is 190 Å². The molecule has 0 fully saturated rings. The van der Waals surface area contributed by atoms with Gasteiger partial charge in [-0.3, -0.25) is 0 Å². The molecule has 0 aliphatic heterocycles. The van der Waals surface area contributed by atoms with Crippen LogP contribution < -0.4 is 0 Å². The van der Waals surface area contributed by atoms with Crippen molar-refractivity contribution in [3.05, 3.63) is 176 Å².